The lowest BCUT2D eigenvalue weighted by Gasteiger charge is -2.14. The molecule has 0 saturated heterocycles. The standard InChI is InChI=1S/C25H22F3N5O3/c1-33(2)18-7-12-21-22(13-18)30-15-31-23(21)35-19-10-5-17(6-11-19)32-24(34)29-14-16-3-8-20(9-4-16)36-25(26,27)28/h3-13,15H,14H2,1-2H3,(H2,29,32,34). The summed E-state index contributed by atoms with van der Waals surface area (Å²) in [5.41, 5.74) is 2.90. The van der Waals surface area contributed by atoms with Gasteiger partial charge in [0.05, 0.1) is 10.9 Å². The van der Waals surface area contributed by atoms with Crippen LogP contribution in [0.2, 0.25) is 0 Å². The lowest BCUT2D eigenvalue weighted by Crippen LogP contribution is -2.28. The summed E-state index contributed by atoms with van der Waals surface area (Å²) < 4.78 is 46.4. The van der Waals surface area contributed by atoms with Gasteiger partial charge in [-0.05, 0) is 60.2 Å². The molecule has 0 radical (unpaired) electrons. The van der Waals surface area contributed by atoms with Crippen LogP contribution in [0.15, 0.2) is 73.1 Å². The average molecular weight is 497 g/mol. The summed E-state index contributed by atoms with van der Waals surface area (Å²) in [6, 6.07) is 17.3. The number of alkyl halides is 3. The normalized spacial score (nSPS) is 11.1. The Labute approximate surface area is 204 Å². The highest BCUT2D eigenvalue weighted by Gasteiger charge is 2.30. The van der Waals surface area contributed by atoms with Gasteiger partial charge in [-0.3, -0.25) is 0 Å². The summed E-state index contributed by atoms with van der Waals surface area (Å²) in [6.45, 7) is 0.121. The Hall–Kier alpha value is -4.54. The Bertz CT molecular complexity index is 1340. The van der Waals surface area contributed by atoms with E-state index in [1.54, 1.807) is 24.3 Å². The van der Waals surface area contributed by atoms with E-state index in [0.29, 0.717) is 22.9 Å². The molecule has 4 aromatic rings. The van der Waals surface area contributed by atoms with Crippen molar-refractivity contribution < 1.29 is 27.4 Å². The zero-order valence-corrected chi connectivity index (χ0v) is 19.3. The molecule has 36 heavy (non-hydrogen) atoms. The van der Waals surface area contributed by atoms with Crippen molar-refractivity contribution in [2.24, 2.45) is 0 Å². The predicted molar refractivity (Wildman–Crippen MR) is 129 cm³/mol. The molecule has 2 amide bonds. The van der Waals surface area contributed by atoms with E-state index >= 15 is 0 Å². The number of rotatable bonds is 7. The van der Waals surface area contributed by atoms with Crippen LogP contribution in [-0.2, 0) is 6.54 Å². The second kappa shape index (κ2) is 10.4. The molecule has 186 valence electrons. The number of anilines is 2. The quantitative estimate of drug-likeness (QED) is 0.340. The molecule has 0 atom stereocenters. The molecule has 0 fully saturated rings. The van der Waals surface area contributed by atoms with Gasteiger partial charge in [0.1, 0.15) is 17.8 Å². The van der Waals surface area contributed by atoms with Crippen molar-refractivity contribution in [2.45, 2.75) is 12.9 Å². The molecular formula is C25H22F3N5O3. The van der Waals surface area contributed by atoms with E-state index in [4.69, 9.17) is 4.74 Å². The number of aromatic nitrogens is 2. The number of hydrogen-bond donors (Lipinski definition) is 2. The topological polar surface area (TPSA) is 88.6 Å². The van der Waals surface area contributed by atoms with Crippen molar-refractivity contribution >= 4 is 28.3 Å². The molecule has 0 aliphatic rings. The van der Waals surface area contributed by atoms with E-state index in [1.165, 1.54) is 30.6 Å². The van der Waals surface area contributed by atoms with E-state index < -0.39 is 12.4 Å². The lowest BCUT2D eigenvalue weighted by molar-refractivity contribution is -0.274. The number of halogens is 3. The van der Waals surface area contributed by atoms with Crippen molar-refractivity contribution in [2.75, 3.05) is 24.3 Å². The van der Waals surface area contributed by atoms with Gasteiger partial charge in [-0.25, -0.2) is 14.8 Å². The molecule has 0 aliphatic carbocycles. The van der Waals surface area contributed by atoms with E-state index in [2.05, 4.69) is 25.3 Å². The SMILES string of the molecule is CN(C)c1ccc2c(Oc3ccc(NC(=O)NCc4ccc(OC(F)(F)F)cc4)cc3)ncnc2c1. The fourth-order valence-corrected chi connectivity index (χ4v) is 3.26. The van der Waals surface area contributed by atoms with Crippen LogP contribution >= 0.6 is 0 Å². The monoisotopic (exact) mass is 497 g/mol. The van der Waals surface area contributed by atoms with Crippen LogP contribution in [0.3, 0.4) is 0 Å². The predicted octanol–water partition coefficient (Wildman–Crippen LogP) is 5.71. The van der Waals surface area contributed by atoms with Crippen molar-refractivity contribution in [3.05, 3.63) is 78.6 Å². The number of urea groups is 1. The third-order valence-corrected chi connectivity index (χ3v) is 5.04. The Morgan fingerprint density at radius 2 is 1.64 bits per heavy atom. The highest BCUT2D eigenvalue weighted by Crippen LogP contribution is 2.29. The Balaban J connectivity index is 1.32. The maximum absolute atomic E-state index is 12.2. The second-order valence-electron chi connectivity index (χ2n) is 7.90. The number of nitrogens with one attached hydrogen (secondary N) is 2. The molecule has 1 aromatic heterocycles. The Kier molecular flexibility index (Phi) is 7.09. The molecule has 11 heteroatoms. The zero-order valence-electron chi connectivity index (χ0n) is 19.3. The lowest BCUT2D eigenvalue weighted by atomic mass is 10.2. The summed E-state index contributed by atoms with van der Waals surface area (Å²) in [7, 11) is 3.90. The average Bonchev–Trinajstić information content (AvgIpc) is 2.84. The number of nitrogens with zero attached hydrogens (tertiary/aromatic N) is 3. The highest BCUT2D eigenvalue weighted by molar-refractivity contribution is 5.89. The van der Waals surface area contributed by atoms with Crippen molar-refractivity contribution in [1.29, 1.82) is 0 Å². The fraction of sp³-hybridized carbons (Fsp3) is 0.160. The number of benzene rings is 3. The van der Waals surface area contributed by atoms with Crippen LogP contribution in [0, 0.1) is 0 Å². The summed E-state index contributed by atoms with van der Waals surface area (Å²) in [6.07, 6.45) is -3.31. The van der Waals surface area contributed by atoms with Gasteiger partial charge >= 0.3 is 12.4 Å². The Morgan fingerprint density at radius 3 is 2.31 bits per heavy atom. The van der Waals surface area contributed by atoms with Crippen LogP contribution in [0.25, 0.3) is 10.9 Å². The molecule has 0 bridgehead atoms. The first kappa shape index (κ1) is 24.6. The molecule has 4 rings (SSSR count). The van der Waals surface area contributed by atoms with Crippen LogP contribution < -0.4 is 25.0 Å². The first-order valence-corrected chi connectivity index (χ1v) is 10.8. The number of ether oxygens (including phenoxy) is 2. The van der Waals surface area contributed by atoms with E-state index in [9.17, 15) is 18.0 Å². The van der Waals surface area contributed by atoms with Crippen molar-refractivity contribution in [1.82, 2.24) is 15.3 Å². The smallest absolute Gasteiger partial charge is 0.438 e. The second-order valence-corrected chi connectivity index (χ2v) is 7.90. The zero-order chi connectivity index (χ0) is 25.7. The third kappa shape index (κ3) is 6.53. The minimum absolute atomic E-state index is 0.121. The molecular weight excluding hydrogens is 475 g/mol. The van der Waals surface area contributed by atoms with Gasteiger partial charge in [0.25, 0.3) is 0 Å². The third-order valence-electron chi connectivity index (χ3n) is 5.04. The molecule has 0 saturated carbocycles. The number of carbonyl (C=O) groups is 1. The number of fused-ring (bicyclic) bond motifs is 1. The number of amides is 2. The first-order valence-electron chi connectivity index (χ1n) is 10.8. The molecule has 0 unspecified atom stereocenters. The molecule has 1 heterocycles. The van der Waals surface area contributed by atoms with Gasteiger partial charge < -0.3 is 25.0 Å². The van der Waals surface area contributed by atoms with Crippen LogP contribution in [0.5, 0.6) is 17.4 Å². The van der Waals surface area contributed by atoms with E-state index in [0.717, 1.165) is 16.6 Å². The fourth-order valence-electron chi connectivity index (χ4n) is 3.26. The number of hydrogen-bond acceptors (Lipinski definition) is 6. The molecule has 0 spiro atoms. The minimum atomic E-state index is -4.75. The van der Waals surface area contributed by atoms with Crippen LogP contribution in [0.4, 0.5) is 29.3 Å². The summed E-state index contributed by atoms with van der Waals surface area (Å²) in [4.78, 5) is 22.7. The minimum Gasteiger partial charge on any atom is -0.438 e. The van der Waals surface area contributed by atoms with E-state index in [-0.39, 0.29) is 12.3 Å². The summed E-state index contributed by atoms with van der Waals surface area (Å²) >= 11 is 0. The van der Waals surface area contributed by atoms with Gasteiger partial charge in [0.2, 0.25) is 5.88 Å². The first-order chi connectivity index (χ1) is 17.2. The molecule has 8 nitrogen and oxygen atoms in total. The van der Waals surface area contributed by atoms with Crippen LogP contribution in [0.1, 0.15) is 5.56 Å². The number of carbonyl (C=O) groups excluding carboxylic acids is 1. The highest BCUT2D eigenvalue weighted by atomic mass is 19.4. The Morgan fingerprint density at radius 1 is 0.944 bits per heavy atom. The van der Waals surface area contributed by atoms with Crippen molar-refractivity contribution in [3.8, 4) is 17.4 Å². The summed E-state index contributed by atoms with van der Waals surface area (Å²) in [5.74, 6) is 0.612. The van der Waals surface area contributed by atoms with Gasteiger partial charge in [-0.1, -0.05) is 12.1 Å². The van der Waals surface area contributed by atoms with Gasteiger partial charge in [0, 0.05) is 32.0 Å². The van der Waals surface area contributed by atoms with Gasteiger partial charge in [0.15, 0.2) is 0 Å². The maximum Gasteiger partial charge on any atom is 0.573 e. The molecule has 0 aliphatic heterocycles. The van der Waals surface area contributed by atoms with Gasteiger partial charge in [-0.15, -0.1) is 13.2 Å². The molecule has 2 N–H and O–H groups in total. The van der Waals surface area contributed by atoms with Gasteiger partial charge in [-0.2, -0.15) is 0 Å². The van der Waals surface area contributed by atoms with Crippen molar-refractivity contribution in [3.63, 3.8) is 0 Å². The summed E-state index contributed by atoms with van der Waals surface area (Å²) in [5, 5.41) is 6.09. The van der Waals surface area contributed by atoms with E-state index in [1.807, 2.05) is 37.2 Å². The van der Waals surface area contributed by atoms with Crippen LogP contribution in [-0.4, -0.2) is 36.5 Å². The largest absolute Gasteiger partial charge is 0.573 e. The maximum atomic E-state index is 12.2. The molecule has 3 aromatic carbocycles.